The predicted octanol–water partition coefficient (Wildman–Crippen LogP) is 1.05. The van der Waals surface area contributed by atoms with Gasteiger partial charge < -0.3 is 15.1 Å². The summed E-state index contributed by atoms with van der Waals surface area (Å²) in [6, 6.07) is 0.629. The van der Waals surface area contributed by atoms with E-state index in [1.807, 2.05) is 4.90 Å². The number of amides is 1. The molecule has 6 heteroatoms. The largest absolute Gasteiger partial charge is 0.352 e. The van der Waals surface area contributed by atoms with Gasteiger partial charge in [-0.05, 0) is 25.2 Å². The van der Waals surface area contributed by atoms with Gasteiger partial charge in [0.1, 0.15) is 5.82 Å². The third-order valence-electron chi connectivity index (χ3n) is 5.63. The molecule has 1 aromatic heterocycles. The molecule has 3 atom stereocenters. The molecule has 3 aliphatic rings. The van der Waals surface area contributed by atoms with Gasteiger partial charge in [0, 0.05) is 44.6 Å². The highest BCUT2D eigenvalue weighted by Gasteiger charge is 2.40. The van der Waals surface area contributed by atoms with E-state index in [9.17, 15) is 4.79 Å². The Morgan fingerprint density at radius 2 is 1.96 bits per heavy atom. The van der Waals surface area contributed by atoms with E-state index in [-0.39, 0.29) is 6.04 Å². The Morgan fingerprint density at radius 3 is 2.70 bits per heavy atom. The highest BCUT2D eigenvalue weighted by Crippen LogP contribution is 2.33. The zero-order chi connectivity index (χ0) is 15.6. The maximum Gasteiger partial charge on any atom is 0.239 e. The van der Waals surface area contributed by atoms with Crippen molar-refractivity contribution in [3.8, 4) is 0 Å². The number of rotatable bonds is 2. The molecule has 3 fully saturated rings. The van der Waals surface area contributed by atoms with Crippen LogP contribution < -0.4 is 10.2 Å². The number of hydrogen-bond acceptors (Lipinski definition) is 5. The van der Waals surface area contributed by atoms with Crippen molar-refractivity contribution in [1.82, 2.24) is 20.2 Å². The van der Waals surface area contributed by atoms with E-state index in [1.165, 1.54) is 25.7 Å². The molecule has 6 nitrogen and oxygen atoms in total. The lowest BCUT2D eigenvalue weighted by Crippen LogP contribution is -2.53. The Kier molecular flexibility index (Phi) is 4.16. The third-order valence-corrected chi connectivity index (χ3v) is 5.63. The van der Waals surface area contributed by atoms with E-state index < -0.39 is 0 Å². The second-order valence-corrected chi connectivity index (χ2v) is 6.98. The molecule has 23 heavy (non-hydrogen) atoms. The lowest BCUT2D eigenvalue weighted by molar-refractivity contribution is -0.133. The highest BCUT2D eigenvalue weighted by atomic mass is 16.2. The van der Waals surface area contributed by atoms with Crippen LogP contribution in [0.1, 0.15) is 32.1 Å². The molecule has 4 rings (SSSR count). The first-order chi connectivity index (χ1) is 11.3. The average molecular weight is 315 g/mol. The van der Waals surface area contributed by atoms with Crippen molar-refractivity contribution in [1.29, 1.82) is 0 Å². The van der Waals surface area contributed by atoms with Gasteiger partial charge in [-0.2, -0.15) is 0 Å². The third kappa shape index (κ3) is 3.04. The van der Waals surface area contributed by atoms with E-state index in [2.05, 4.69) is 20.2 Å². The number of hydrogen-bond donors (Lipinski definition) is 1. The summed E-state index contributed by atoms with van der Waals surface area (Å²) in [5, 5.41) is 3.61. The van der Waals surface area contributed by atoms with Crippen LogP contribution >= 0.6 is 0 Å². The molecule has 1 aliphatic carbocycles. The normalized spacial score (nSPS) is 31.0. The van der Waals surface area contributed by atoms with E-state index in [4.69, 9.17) is 0 Å². The summed E-state index contributed by atoms with van der Waals surface area (Å²) in [5.74, 6) is 1.93. The number of piperazine rings is 1. The number of carbonyl (C=O) groups is 1. The van der Waals surface area contributed by atoms with E-state index in [0.717, 1.165) is 44.3 Å². The van der Waals surface area contributed by atoms with Crippen molar-refractivity contribution in [2.45, 2.75) is 44.2 Å². The van der Waals surface area contributed by atoms with Gasteiger partial charge in [0.15, 0.2) is 0 Å². The minimum atomic E-state index is 0.0474. The monoisotopic (exact) mass is 315 g/mol. The lowest BCUT2D eigenvalue weighted by atomic mass is 9.85. The fourth-order valence-electron chi connectivity index (χ4n) is 4.34. The predicted molar refractivity (Wildman–Crippen MR) is 88.1 cm³/mol. The quantitative estimate of drug-likeness (QED) is 0.884. The molecule has 0 radical (unpaired) electrons. The topological polar surface area (TPSA) is 61.4 Å². The molecule has 1 amide bonds. The molecule has 1 aromatic rings. The second-order valence-electron chi connectivity index (χ2n) is 6.98. The highest BCUT2D eigenvalue weighted by molar-refractivity contribution is 5.82. The molecule has 3 unspecified atom stereocenters. The zero-order valence-corrected chi connectivity index (χ0v) is 13.5. The van der Waals surface area contributed by atoms with Crippen molar-refractivity contribution < 1.29 is 4.79 Å². The van der Waals surface area contributed by atoms with Crippen molar-refractivity contribution in [2.24, 2.45) is 5.92 Å². The minimum absolute atomic E-state index is 0.0474. The van der Waals surface area contributed by atoms with Crippen LogP contribution in [-0.2, 0) is 4.79 Å². The second kappa shape index (κ2) is 6.43. The first-order valence-electron chi connectivity index (χ1n) is 8.87. The maximum atomic E-state index is 12.8. The van der Waals surface area contributed by atoms with Gasteiger partial charge in [0.2, 0.25) is 5.91 Å². The molecular weight excluding hydrogens is 290 g/mol. The van der Waals surface area contributed by atoms with Gasteiger partial charge in [0.25, 0.3) is 0 Å². The Morgan fingerprint density at radius 1 is 1.13 bits per heavy atom. The Bertz CT molecular complexity index is 529. The van der Waals surface area contributed by atoms with Crippen LogP contribution in [0.5, 0.6) is 0 Å². The summed E-state index contributed by atoms with van der Waals surface area (Å²) >= 11 is 0. The summed E-state index contributed by atoms with van der Waals surface area (Å²) in [6.07, 6.45) is 11.4. The van der Waals surface area contributed by atoms with Gasteiger partial charge in [-0.3, -0.25) is 9.78 Å². The van der Waals surface area contributed by atoms with Crippen molar-refractivity contribution in [2.75, 3.05) is 31.1 Å². The number of nitrogens with one attached hydrogen (secondary N) is 1. The van der Waals surface area contributed by atoms with Crippen molar-refractivity contribution in [3.05, 3.63) is 18.6 Å². The zero-order valence-electron chi connectivity index (χ0n) is 13.5. The molecule has 124 valence electrons. The van der Waals surface area contributed by atoms with Crippen molar-refractivity contribution >= 4 is 11.7 Å². The van der Waals surface area contributed by atoms with Gasteiger partial charge in [-0.1, -0.05) is 12.8 Å². The maximum absolute atomic E-state index is 12.8. The number of fused-ring (bicyclic) bond motifs is 1. The molecule has 1 N–H and O–H groups in total. The summed E-state index contributed by atoms with van der Waals surface area (Å²) < 4.78 is 0. The Labute approximate surface area is 137 Å². The first kappa shape index (κ1) is 14.9. The number of aromatic nitrogens is 2. The summed E-state index contributed by atoms with van der Waals surface area (Å²) in [7, 11) is 0. The molecular formula is C17H25N5O. The Hall–Kier alpha value is -1.69. The fraction of sp³-hybridized carbons (Fsp3) is 0.706. The lowest BCUT2D eigenvalue weighted by Gasteiger charge is -2.36. The smallest absolute Gasteiger partial charge is 0.239 e. The molecule has 2 aliphatic heterocycles. The molecule has 1 saturated carbocycles. The summed E-state index contributed by atoms with van der Waals surface area (Å²) in [4.78, 5) is 25.5. The summed E-state index contributed by atoms with van der Waals surface area (Å²) in [6.45, 7) is 3.24. The van der Waals surface area contributed by atoms with Gasteiger partial charge in [0.05, 0.1) is 12.2 Å². The standard InChI is InChI=1S/C17H25N5O/c23-17(15-11-13-3-1-2-4-14(13)20-15)22-9-7-21(8-10-22)16-12-18-5-6-19-16/h5-6,12-15,20H,1-4,7-11H2. The molecule has 0 aromatic carbocycles. The summed E-state index contributed by atoms with van der Waals surface area (Å²) in [5.41, 5.74) is 0. The van der Waals surface area contributed by atoms with Crippen LogP contribution in [0.4, 0.5) is 5.82 Å². The van der Waals surface area contributed by atoms with Gasteiger partial charge in [-0.25, -0.2) is 4.98 Å². The van der Waals surface area contributed by atoms with E-state index in [1.54, 1.807) is 18.6 Å². The first-order valence-corrected chi connectivity index (χ1v) is 8.87. The van der Waals surface area contributed by atoms with Crippen LogP contribution in [0.25, 0.3) is 0 Å². The van der Waals surface area contributed by atoms with Gasteiger partial charge in [-0.15, -0.1) is 0 Å². The minimum Gasteiger partial charge on any atom is -0.352 e. The molecule has 0 spiro atoms. The van der Waals surface area contributed by atoms with E-state index in [0.29, 0.717) is 11.9 Å². The van der Waals surface area contributed by atoms with Crippen LogP contribution in [-0.4, -0.2) is 59.0 Å². The van der Waals surface area contributed by atoms with Crippen LogP contribution in [0, 0.1) is 5.92 Å². The molecule has 0 bridgehead atoms. The van der Waals surface area contributed by atoms with Crippen LogP contribution in [0.15, 0.2) is 18.6 Å². The number of nitrogens with zero attached hydrogens (tertiary/aromatic N) is 4. The van der Waals surface area contributed by atoms with E-state index >= 15 is 0 Å². The molecule has 2 saturated heterocycles. The molecule has 3 heterocycles. The number of carbonyl (C=O) groups excluding carboxylic acids is 1. The average Bonchev–Trinajstić information content (AvgIpc) is 3.06. The Balaban J connectivity index is 1.33. The van der Waals surface area contributed by atoms with Crippen LogP contribution in [0.3, 0.4) is 0 Å². The van der Waals surface area contributed by atoms with Crippen LogP contribution in [0.2, 0.25) is 0 Å². The number of anilines is 1. The van der Waals surface area contributed by atoms with Gasteiger partial charge >= 0.3 is 0 Å². The SMILES string of the molecule is O=C(C1CC2CCCCC2N1)N1CCN(c2cnccn2)CC1. The fourth-order valence-corrected chi connectivity index (χ4v) is 4.34. The van der Waals surface area contributed by atoms with Crippen molar-refractivity contribution in [3.63, 3.8) is 0 Å².